The summed E-state index contributed by atoms with van der Waals surface area (Å²) in [5, 5.41) is 1.02. The Morgan fingerprint density at radius 2 is 1.71 bits per heavy atom. The van der Waals surface area contributed by atoms with Crippen molar-refractivity contribution in [1.29, 1.82) is 0 Å². The van der Waals surface area contributed by atoms with E-state index >= 15 is 0 Å². The molecule has 1 atom stereocenters. The summed E-state index contributed by atoms with van der Waals surface area (Å²) in [4.78, 5) is 16.2. The van der Waals surface area contributed by atoms with Crippen LogP contribution in [0.2, 0.25) is 0 Å². The summed E-state index contributed by atoms with van der Waals surface area (Å²) in [6.07, 6.45) is 0.854. The van der Waals surface area contributed by atoms with Crippen molar-refractivity contribution in [2.45, 2.75) is 20.3 Å². The summed E-state index contributed by atoms with van der Waals surface area (Å²) in [6, 6.07) is 18.1. The Balaban J connectivity index is 2.27. The summed E-state index contributed by atoms with van der Waals surface area (Å²) in [5.74, 6) is 0.250. The molecule has 0 aliphatic rings. The maximum absolute atomic E-state index is 12.8. The average Bonchev–Trinajstić information content (AvgIpc) is 2.93. The van der Waals surface area contributed by atoms with Gasteiger partial charge in [-0.1, -0.05) is 62.4 Å². The molecule has 1 unspecified atom stereocenters. The van der Waals surface area contributed by atoms with Crippen LogP contribution in [0.25, 0.3) is 22.2 Å². The summed E-state index contributed by atoms with van der Waals surface area (Å²) in [7, 11) is 0. The molecule has 0 spiro atoms. The number of para-hydroxylation sites is 1. The Bertz CT molecular complexity index is 771. The highest BCUT2D eigenvalue weighted by atomic mass is 16.1. The number of Topliss-reactive ketones (excluding diaryl/α,β-unsaturated/α-hetero) is 1. The van der Waals surface area contributed by atoms with Crippen LogP contribution in [0.4, 0.5) is 0 Å². The number of hydrogen-bond acceptors (Lipinski definition) is 1. The molecule has 0 saturated heterocycles. The highest BCUT2D eigenvalue weighted by molar-refractivity contribution is 6.14. The van der Waals surface area contributed by atoms with Gasteiger partial charge in [-0.05, 0) is 18.1 Å². The number of nitrogens with one attached hydrogen (secondary N) is 1. The Morgan fingerprint density at radius 1 is 1.05 bits per heavy atom. The third-order valence-electron chi connectivity index (χ3n) is 4.07. The first-order valence-electron chi connectivity index (χ1n) is 7.42. The van der Waals surface area contributed by atoms with E-state index in [0.717, 1.165) is 34.1 Å². The third kappa shape index (κ3) is 2.38. The number of fused-ring (bicyclic) bond motifs is 1. The molecule has 0 bridgehead atoms. The predicted octanol–water partition coefficient (Wildman–Crippen LogP) is 5.06. The molecular formula is C19H19NO. The largest absolute Gasteiger partial charge is 0.354 e. The van der Waals surface area contributed by atoms with Crippen LogP contribution in [0.1, 0.15) is 30.6 Å². The molecule has 3 rings (SSSR count). The molecule has 3 aromatic rings. The lowest BCUT2D eigenvalue weighted by Gasteiger charge is -2.09. The predicted molar refractivity (Wildman–Crippen MR) is 87.5 cm³/mol. The zero-order chi connectivity index (χ0) is 14.8. The van der Waals surface area contributed by atoms with Crippen LogP contribution in [0, 0.1) is 5.92 Å². The Hall–Kier alpha value is -2.35. The Kier molecular flexibility index (Phi) is 3.61. The highest BCUT2D eigenvalue weighted by Crippen LogP contribution is 2.32. The second-order valence-electron chi connectivity index (χ2n) is 5.46. The minimum absolute atomic E-state index is 0.0340. The van der Waals surface area contributed by atoms with Gasteiger partial charge >= 0.3 is 0 Å². The van der Waals surface area contributed by atoms with Crippen molar-refractivity contribution >= 4 is 16.7 Å². The average molecular weight is 277 g/mol. The molecule has 0 radical (unpaired) electrons. The summed E-state index contributed by atoms with van der Waals surface area (Å²) in [5.41, 5.74) is 3.83. The van der Waals surface area contributed by atoms with Crippen LogP contribution in [0.5, 0.6) is 0 Å². The van der Waals surface area contributed by atoms with Gasteiger partial charge in [0.1, 0.15) is 0 Å². The van der Waals surface area contributed by atoms with Gasteiger partial charge in [0, 0.05) is 16.8 Å². The number of carbonyl (C=O) groups excluding carboxylic acids is 1. The summed E-state index contributed by atoms with van der Waals surface area (Å²) < 4.78 is 0. The number of aromatic nitrogens is 1. The standard InChI is InChI=1S/C19H19NO/c1-3-13(2)19(21)17-15-11-7-8-12-16(15)20-18(17)14-9-5-4-6-10-14/h4-13,20H,3H2,1-2H3. The van der Waals surface area contributed by atoms with E-state index in [2.05, 4.69) is 11.9 Å². The summed E-state index contributed by atoms with van der Waals surface area (Å²) in [6.45, 7) is 4.05. The van der Waals surface area contributed by atoms with Crippen molar-refractivity contribution in [3.63, 3.8) is 0 Å². The number of rotatable bonds is 4. The molecule has 2 aromatic carbocycles. The number of benzene rings is 2. The van der Waals surface area contributed by atoms with Gasteiger partial charge in [0.15, 0.2) is 5.78 Å². The van der Waals surface area contributed by atoms with Crippen molar-refractivity contribution in [3.05, 3.63) is 60.2 Å². The number of ketones is 1. The van der Waals surface area contributed by atoms with Crippen LogP contribution in [-0.4, -0.2) is 10.8 Å². The molecular weight excluding hydrogens is 258 g/mol. The topological polar surface area (TPSA) is 32.9 Å². The first-order chi connectivity index (χ1) is 10.2. The van der Waals surface area contributed by atoms with Gasteiger partial charge in [-0.2, -0.15) is 0 Å². The van der Waals surface area contributed by atoms with Gasteiger partial charge in [0.25, 0.3) is 0 Å². The molecule has 2 nitrogen and oxygen atoms in total. The maximum Gasteiger partial charge on any atom is 0.168 e. The molecule has 1 aromatic heterocycles. The van der Waals surface area contributed by atoms with Crippen molar-refractivity contribution in [2.75, 3.05) is 0 Å². The normalized spacial score (nSPS) is 12.5. The molecule has 0 aliphatic carbocycles. The summed E-state index contributed by atoms with van der Waals surface area (Å²) >= 11 is 0. The van der Waals surface area contributed by atoms with Crippen LogP contribution in [-0.2, 0) is 0 Å². The second kappa shape index (κ2) is 5.57. The first-order valence-corrected chi connectivity index (χ1v) is 7.42. The number of hydrogen-bond donors (Lipinski definition) is 1. The van der Waals surface area contributed by atoms with E-state index in [0.29, 0.717) is 0 Å². The van der Waals surface area contributed by atoms with Gasteiger partial charge in [0.2, 0.25) is 0 Å². The van der Waals surface area contributed by atoms with Gasteiger partial charge in [-0.3, -0.25) is 4.79 Å². The molecule has 21 heavy (non-hydrogen) atoms. The van der Waals surface area contributed by atoms with E-state index in [-0.39, 0.29) is 11.7 Å². The van der Waals surface area contributed by atoms with Crippen molar-refractivity contribution in [3.8, 4) is 11.3 Å². The van der Waals surface area contributed by atoms with E-state index in [9.17, 15) is 4.79 Å². The van der Waals surface area contributed by atoms with E-state index in [4.69, 9.17) is 0 Å². The fraction of sp³-hybridized carbons (Fsp3) is 0.211. The molecule has 106 valence electrons. The van der Waals surface area contributed by atoms with E-state index in [1.165, 1.54) is 0 Å². The number of aromatic amines is 1. The monoisotopic (exact) mass is 277 g/mol. The zero-order valence-corrected chi connectivity index (χ0v) is 12.4. The fourth-order valence-electron chi connectivity index (χ4n) is 2.65. The van der Waals surface area contributed by atoms with E-state index in [1.807, 2.05) is 61.5 Å². The molecule has 0 aliphatic heterocycles. The maximum atomic E-state index is 12.8. The molecule has 0 amide bonds. The van der Waals surface area contributed by atoms with Crippen molar-refractivity contribution in [2.24, 2.45) is 5.92 Å². The van der Waals surface area contributed by atoms with Gasteiger partial charge in [-0.15, -0.1) is 0 Å². The number of carbonyl (C=O) groups is 1. The van der Waals surface area contributed by atoms with Crippen LogP contribution in [0.15, 0.2) is 54.6 Å². The van der Waals surface area contributed by atoms with Crippen LogP contribution < -0.4 is 0 Å². The molecule has 1 heterocycles. The van der Waals surface area contributed by atoms with Crippen LogP contribution in [0.3, 0.4) is 0 Å². The first kappa shape index (κ1) is 13.6. The molecule has 1 N–H and O–H groups in total. The van der Waals surface area contributed by atoms with Crippen LogP contribution >= 0.6 is 0 Å². The fourth-order valence-corrected chi connectivity index (χ4v) is 2.65. The molecule has 0 saturated carbocycles. The molecule has 0 fully saturated rings. The lowest BCUT2D eigenvalue weighted by atomic mass is 9.93. The Labute approximate surface area is 124 Å². The van der Waals surface area contributed by atoms with Crippen molar-refractivity contribution in [1.82, 2.24) is 4.98 Å². The van der Waals surface area contributed by atoms with Gasteiger partial charge in [0.05, 0.1) is 11.3 Å². The van der Waals surface area contributed by atoms with Gasteiger partial charge in [-0.25, -0.2) is 0 Å². The molecule has 2 heteroatoms. The van der Waals surface area contributed by atoms with Crippen molar-refractivity contribution < 1.29 is 4.79 Å². The zero-order valence-electron chi connectivity index (χ0n) is 12.4. The van der Waals surface area contributed by atoms with Gasteiger partial charge < -0.3 is 4.98 Å². The van der Waals surface area contributed by atoms with E-state index in [1.54, 1.807) is 0 Å². The number of H-pyrrole nitrogens is 1. The minimum atomic E-state index is 0.0340. The highest BCUT2D eigenvalue weighted by Gasteiger charge is 2.22. The lowest BCUT2D eigenvalue weighted by Crippen LogP contribution is -2.10. The minimum Gasteiger partial charge on any atom is -0.354 e. The lowest BCUT2D eigenvalue weighted by molar-refractivity contribution is 0.0929. The third-order valence-corrected chi connectivity index (χ3v) is 4.07. The second-order valence-corrected chi connectivity index (χ2v) is 5.46. The quantitative estimate of drug-likeness (QED) is 0.664. The van der Waals surface area contributed by atoms with E-state index < -0.39 is 0 Å². The smallest absolute Gasteiger partial charge is 0.168 e. The SMILES string of the molecule is CCC(C)C(=O)c1c(-c2ccccc2)[nH]c2ccccc12. The Morgan fingerprint density at radius 3 is 2.43 bits per heavy atom.